The number of hydrogen-bond donors (Lipinski definition) is 0. The first-order valence-corrected chi connectivity index (χ1v) is 16.9. The van der Waals surface area contributed by atoms with Gasteiger partial charge in [0.05, 0.1) is 5.56 Å². The first kappa shape index (κ1) is 36.3. The van der Waals surface area contributed by atoms with E-state index >= 15 is 0 Å². The maximum absolute atomic E-state index is 13.2. The lowest BCUT2D eigenvalue weighted by Gasteiger charge is -2.50. The topological polar surface area (TPSA) is 167 Å². The molecule has 10 atom stereocenters. The number of ether oxygens (including phenoxy) is 7. The fraction of sp³-hybridized carbons (Fsp3) is 0.667. The average molecular weight is 687 g/mol. The highest BCUT2D eigenvalue weighted by Crippen LogP contribution is 2.61. The molecule has 3 fully saturated rings. The van der Waals surface area contributed by atoms with Crippen molar-refractivity contribution in [2.24, 2.45) is 17.3 Å². The number of carbonyl (C=O) groups is 6. The standard InChI is InChI=1S/C36H46O13/c1-17(37)26-15-27-23(8-9-25-24(27)12-13-36(7)28(25)10-11-31(36)44-19(3)39)14-29(26)48-35-34(47-22(6)42)33(46-21(5)41)32(45-20(4)40)30(49-35)16-43-18(2)38/h14-15,24-25,28,30-35H,8-13,16H2,1-7H3/t24?,25?,28?,30-,31-,32-,33+,34-,35+,36+/m1/s1. The molecule has 13 nitrogen and oxygen atoms in total. The monoisotopic (exact) mass is 686 g/mol. The number of rotatable bonds is 9. The molecule has 1 aromatic carbocycles. The van der Waals surface area contributed by atoms with Gasteiger partial charge in [0.25, 0.3) is 0 Å². The molecule has 0 amide bonds. The maximum atomic E-state index is 13.2. The van der Waals surface area contributed by atoms with Crippen LogP contribution in [0, 0.1) is 17.3 Å². The Kier molecular flexibility index (Phi) is 10.7. The highest BCUT2D eigenvalue weighted by atomic mass is 16.7. The van der Waals surface area contributed by atoms with Crippen molar-refractivity contribution in [2.75, 3.05) is 6.61 Å². The van der Waals surface area contributed by atoms with Gasteiger partial charge in [-0.15, -0.1) is 0 Å². The predicted octanol–water partition coefficient (Wildman–Crippen LogP) is 4.14. The largest absolute Gasteiger partial charge is 0.463 e. The average Bonchev–Trinajstić information content (AvgIpc) is 3.33. The van der Waals surface area contributed by atoms with Gasteiger partial charge in [0.2, 0.25) is 12.4 Å². The van der Waals surface area contributed by atoms with Gasteiger partial charge in [-0.1, -0.05) is 6.92 Å². The van der Waals surface area contributed by atoms with Crippen LogP contribution >= 0.6 is 0 Å². The molecular weight excluding hydrogens is 640 g/mol. The number of benzene rings is 1. The van der Waals surface area contributed by atoms with Crippen LogP contribution < -0.4 is 4.74 Å². The van der Waals surface area contributed by atoms with Gasteiger partial charge in [-0.25, -0.2) is 0 Å². The van der Waals surface area contributed by atoms with Crippen molar-refractivity contribution < 1.29 is 61.9 Å². The molecule has 1 heterocycles. The third-order valence-electron chi connectivity index (χ3n) is 10.6. The Bertz CT molecular complexity index is 1500. The molecular formula is C36H46O13. The Morgan fingerprint density at radius 1 is 0.755 bits per heavy atom. The molecule has 0 aromatic heterocycles. The summed E-state index contributed by atoms with van der Waals surface area (Å²) >= 11 is 0. The summed E-state index contributed by atoms with van der Waals surface area (Å²) in [6, 6.07) is 3.71. The number of ketones is 1. The van der Waals surface area contributed by atoms with Crippen molar-refractivity contribution in [1.29, 1.82) is 0 Å². The van der Waals surface area contributed by atoms with E-state index in [1.807, 2.05) is 12.1 Å². The van der Waals surface area contributed by atoms with Crippen molar-refractivity contribution >= 4 is 35.6 Å². The van der Waals surface area contributed by atoms with E-state index in [9.17, 15) is 28.8 Å². The lowest BCUT2D eigenvalue weighted by molar-refractivity contribution is -0.288. The molecule has 1 aliphatic heterocycles. The molecule has 0 radical (unpaired) electrons. The molecule has 1 saturated heterocycles. The highest BCUT2D eigenvalue weighted by molar-refractivity contribution is 5.97. The number of Topliss-reactive ketones (excluding diaryl/α,β-unsaturated/α-hetero) is 1. The van der Waals surface area contributed by atoms with Gasteiger partial charge in [0, 0.05) is 40.0 Å². The van der Waals surface area contributed by atoms with Gasteiger partial charge in [-0.2, -0.15) is 0 Å². The van der Waals surface area contributed by atoms with E-state index in [1.54, 1.807) is 0 Å². The molecule has 0 spiro atoms. The van der Waals surface area contributed by atoms with Gasteiger partial charge >= 0.3 is 29.8 Å². The molecule has 0 bridgehead atoms. The number of fused-ring (bicyclic) bond motifs is 5. The van der Waals surface area contributed by atoms with Gasteiger partial charge in [-0.05, 0) is 86.5 Å². The summed E-state index contributed by atoms with van der Waals surface area (Å²) in [6.07, 6.45) is -1.64. The van der Waals surface area contributed by atoms with Crippen LogP contribution in [-0.2, 0) is 58.8 Å². The Labute approximate surface area is 285 Å². The van der Waals surface area contributed by atoms with E-state index in [0.29, 0.717) is 17.4 Å². The molecule has 1 aromatic rings. The zero-order valence-corrected chi connectivity index (χ0v) is 29.1. The molecule has 5 rings (SSSR count). The van der Waals surface area contributed by atoms with Crippen LogP contribution in [0.3, 0.4) is 0 Å². The van der Waals surface area contributed by atoms with Crippen LogP contribution in [0.2, 0.25) is 0 Å². The molecule has 3 aliphatic carbocycles. The number of aryl methyl sites for hydroxylation is 1. The molecule has 268 valence electrons. The minimum absolute atomic E-state index is 0.0913. The summed E-state index contributed by atoms with van der Waals surface area (Å²) in [5.74, 6) is -2.25. The van der Waals surface area contributed by atoms with E-state index in [4.69, 9.17) is 33.2 Å². The number of hydrogen-bond acceptors (Lipinski definition) is 13. The van der Waals surface area contributed by atoms with Crippen molar-refractivity contribution in [3.63, 3.8) is 0 Å². The predicted molar refractivity (Wildman–Crippen MR) is 169 cm³/mol. The fourth-order valence-electron chi connectivity index (χ4n) is 8.73. The molecule has 3 unspecified atom stereocenters. The van der Waals surface area contributed by atoms with Gasteiger partial charge in [-0.3, -0.25) is 28.8 Å². The minimum atomic E-state index is -1.46. The van der Waals surface area contributed by atoms with E-state index in [2.05, 4.69) is 6.92 Å². The summed E-state index contributed by atoms with van der Waals surface area (Å²) in [6.45, 7) is 9.37. The van der Waals surface area contributed by atoms with Crippen LogP contribution in [-0.4, -0.2) is 79.0 Å². The van der Waals surface area contributed by atoms with Gasteiger partial charge in [0.15, 0.2) is 18.0 Å². The zero-order chi connectivity index (χ0) is 35.8. The van der Waals surface area contributed by atoms with Crippen LogP contribution in [0.1, 0.15) is 108 Å². The number of carbonyl (C=O) groups excluding carboxylic acids is 6. The smallest absolute Gasteiger partial charge is 0.303 e. The van der Waals surface area contributed by atoms with Crippen LogP contribution in [0.4, 0.5) is 0 Å². The zero-order valence-electron chi connectivity index (χ0n) is 29.1. The quantitative estimate of drug-likeness (QED) is 0.207. The van der Waals surface area contributed by atoms with Crippen molar-refractivity contribution in [3.05, 3.63) is 28.8 Å². The molecule has 13 heteroatoms. The van der Waals surface area contributed by atoms with E-state index in [0.717, 1.165) is 70.4 Å². The molecule has 0 N–H and O–H groups in total. The SMILES string of the molecule is CC(=O)OC[C@H]1O[C@H](Oc2cc3c(cc2C(C)=O)C2CC[C@@]4(C)C(CC[C@H]4OC(C)=O)C2CC3)[C@H](OC(C)=O)[C@@H](OC(C)=O)[C@@H]1OC(C)=O. The van der Waals surface area contributed by atoms with Crippen LogP contribution in [0.25, 0.3) is 0 Å². The summed E-state index contributed by atoms with van der Waals surface area (Å²) in [4.78, 5) is 73.4. The third kappa shape index (κ3) is 7.61. The second kappa shape index (κ2) is 14.5. The fourth-order valence-corrected chi connectivity index (χ4v) is 8.73. The Hall–Kier alpha value is -4.00. The maximum Gasteiger partial charge on any atom is 0.303 e. The van der Waals surface area contributed by atoms with Crippen LogP contribution in [0.5, 0.6) is 5.75 Å². The van der Waals surface area contributed by atoms with Gasteiger partial charge < -0.3 is 33.2 Å². The summed E-state index contributed by atoms with van der Waals surface area (Å²) in [5.41, 5.74) is 2.31. The first-order chi connectivity index (χ1) is 23.1. The van der Waals surface area contributed by atoms with E-state index in [-0.39, 0.29) is 34.9 Å². The Balaban J connectivity index is 1.49. The summed E-state index contributed by atoms with van der Waals surface area (Å²) in [7, 11) is 0. The molecule has 2 saturated carbocycles. The number of esters is 5. The Morgan fingerprint density at radius 2 is 1.39 bits per heavy atom. The second-order valence-electron chi connectivity index (χ2n) is 13.9. The first-order valence-electron chi connectivity index (χ1n) is 16.9. The summed E-state index contributed by atoms with van der Waals surface area (Å²) < 4.78 is 40.0. The van der Waals surface area contributed by atoms with Crippen molar-refractivity contribution in [2.45, 2.75) is 130 Å². The van der Waals surface area contributed by atoms with Gasteiger partial charge in [0.1, 0.15) is 24.6 Å². The second-order valence-corrected chi connectivity index (χ2v) is 13.9. The highest BCUT2D eigenvalue weighted by Gasteiger charge is 2.57. The molecule has 49 heavy (non-hydrogen) atoms. The third-order valence-corrected chi connectivity index (χ3v) is 10.6. The summed E-state index contributed by atoms with van der Waals surface area (Å²) in [5, 5.41) is 0. The van der Waals surface area contributed by atoms with Crippen molar-refractivity contribution in [1.82, 2.24) is 0 Å². The van der Waals surface area contributed by atoms with Crippen LogP contribution in [0.15, 0.2) is 12.1 Å². The molecule has 4 aliphatic rings. The van der Waals surface area contributed by atoms with Crippen molar-refractivity contribution in [3.8, 4) is 5.75 Å². The lowest BCUT2D eigenvalue weighted by Crippen LogP contribution is -2.63. The van der Waals surface area contributed by atoms with E-state index < -0.39 is 61.2 Å². The van der Waals surface area contributed by atoms with E-state index in [1.165, 1.54) is 20.8 Å². The lowest BCUT2D eigenvalue weighted by atomic mass is 9.55. The minimum Gasteiger partial charge on any atom is -0.463 e. The Morgan fingerprint density at radius 3 is 2.00 bits per heavy atom. The normalized spacial score (nSPS) is 33.1.